The summed E-state index contributed by atoms with van der Waals surface area (Å²) in [6.45, 7) is 3.75. The van der Waals surface area contributed by atoms with Gasteiger partial charge in [0.2, 0.25) is 0 Å². The molecule has 2 amide bonds. The standard InChI is InChI=1S/C21H22IN3O2S/c1-14-9-11-25(12-10-14)20(27)17-7-2-3-8-18(17)23-21(28)24-19(26)15-5-4-6-16(22)13-15/h2-8,13-14H,9-12H2,1H3,(H2,23,24,26,28). The average Bonchev–Trinajstić information content (AvgIpc) is 2.68. The molecule has 3 rings (SSSR count). The molecule has 1 heterocycles. The number of carbonyl (C=O) groups is 2. The van der Waals surface area contributed by atoms with Gasteiger partial charge in [-0.1, -0.05) is 25.1 Å². The molecule has 0 radical (unpaired) electrons. The molecule has 2 aromatic carbocycles. The summed E-state index contributed by atoms with van der Waals surface area (Å²) in [5.74, 6) is 0.354. The molecule has 146 valence electrons. The minimum atomic E-state index is -0.287. The second-order valence-electron chi connectivity index (χ2n) is 6.94. The van der Waals surface area contributed by atoms with Crippen molar-refractivity contribution in [2.45, 2.75) is 19.8 Å². The van der Waals surface area contributed by atoms with Crippen LogP contribution in [0, 0.1) is 9.49 Å². The van der Waals surface area contributed by atoms with Crippen LogP contribution < -0.4 is 10.6 Å². The van der Waals surface area contributed by atoms with Crippen LogP contribution in [-0.2, 0) is 0 Å². The van der Waals surface area contributed by atoms with E-state index in [0.29, 0.717) is 22.7 Å². The molecular weight excluding hydrogens is 485 g/mol. The normalized spacial score (nSPS) is 14.4. The Morgan fingerprint density at radius 2 is 1.82 bits per heavy atom. The monoisotopic (exact) mass is 507 g/mol. The van der Waals surface area contributed by atoms with Crippen LogP contribution in [0.3, 0.4) is 0 Å². The second kappa shape index (κ2) is 9.47. The van der Waals surface area contributed by atoms with E-state index in [-0.39, 0.29) is 16.9 Å². The highest BCUT2D eigenvalue weighted by molar-refractivity contribution is 14.1. The summed E-state index contributed by atoms with van der Waals surface area (Å²) in [5.41, 5.74) is 1.69. The lowest BCUT2D eigenvalue weighted by molar-refractivity contribution is 0.0698. The summed E-state index contributed by atoms with van der Waals surface area (Å²) < 4.78 is 0.968. The Labute approximate surface area is 184 Å². The minimum Gasteiger partial charge on any atom is -0.339 e. The topological polar surface area (TPSA) is 61.4 Å². The maximum Gasteiger partial charge on any atom is 0.257 e. The second-order valence-corrected chi connectivity index (χ2v) is 8.59. The number of thiocarbonyl (C=S) groups is 1. The molecule has 0 bridgehead atoms. The number of likely N-dealkylation sites (tertiary alicyclic amines) is 1. The Morgan fingerprint density at radius 1 is 1.11 bits per heavy atom. The maximum atomic E-state index is 12.9. The van der Waals surface area contributed by atoms with E-state index in [4.69, 9.17) is 12.2 Å². The van der Waals surface area contributed by atoms with Crippen LogP contribution in [0.2, 0.25) is 0 Å². The molecule has 0 saturated carbocycles. The number of rotatable bonds is 3. The van der Waals surface area contributed by atoms with E-state index in [0.717, 1.165) is 29.5 Å². The molecule has 0 aliphatic carbocycles. The highest BCUT2D eigenvalue weighted by Gasteiger charge is 2.23. The van der Waals surface area contributed by atoms with Gasteiger partial charge in [0.25, 0.3) is 11.8 Å². The zero-order chi connectivity index (χ0) is 20.1. The number of piperidine rings is 1. The number of halogens is 1. The van der Waals surface area contributed by atoms with Crippen LogP contribution in [-0.4, -0.2) is 34.9 Å². The van der Waals surface area contributed by atoms with Gasteiger partial charge in [-0.3, -0.25) is 14.9 Å². The van der Waals surface area contributed by atoms with Crippen LogP contribution in [0.15, 0.2) is 48.5 Å². The van der Waals surface area contributed by atoms with E-state index in [1.165, 1.54) is 0 Å². The third-order valence-corrected chi connectivity index (χ3v) is 5.67. The molecule has 1 fully saturated rings. The third-order valence-electron chi connectivity index (χ3n) is 4.79. The lowest BCUT2D eigenvalue weighted by Crippen LogP contribution is -2.39. The largest absolute Gasteiger partial charge is 0.339 e. The van der Waals surface area contributed by atoms with Crippen molar-refractivity contribution >= 4 is 57.4 Å². The molecule has 2 aromatic rings. The Kier molecular flexibility index (Phi) is 7.01. The number of hydrogen-bond donors (Lipinski definition) is 2. The number of amides is 2. The fraction of sp³-hybridized carbons (Fsp3) is 0.286. The van der Waals surface area contributed by atoms with Gasteiger partial charge in [-0.2, -0.15) is 0 Å². The number of nitrogens with zero attached hydrogens (tertiary/aromatic N) is 1. The predicted molar refractivity (Wildman–Crippen MR) is 124 cm³/mol. The van der Waals surface area contributed by atoms with Gasteiger partial charge < -0.3 is 10.2 Å². The highest BCUT2D eigenvalue weighted by atomic mass is 127. The van der Waals surface area contributed by atoms with Crippen LogP contribution in [0.4, 0.5) is 5.69 Å². The van der Waals surface area contributed by atoms with Crippen molar-refractivity contribution in [3.05, 3.63) is 63.2 Å². The fourth-order valence-corrected chi connectivity index (χ4v) is 3.86. The van der Waals surface area contributed by atoms with Crippen molar-refractivity contribution in [3.63, 3.8) is 0 Å². The number of para-hydroxylation sites is 1. The summed E-state index contributed by atoms with van der Waals surface area (Å²) in [6, 6.07) is 14.5. The molecule has 5 nitrogen and oxygen atoms in total. The van der Waals surface area contributed by atoms with Gasteiger partial charge in [-0.05, 0) is 83.9 Å². The van der Waals surface area contributed by atoms with Gasteiger partial charge in [-0.25, -0.2) is 0 Å². The molecular formula is C21H22IN3O2S. The number of anilines is 1. The molecule has 1 aliphatic rings. The molecule has 1 saturated heterocycles. The van der Waals surface area contributed by atoms with E-state index >= 15 is 0 Å². The molecule has 0 atom stereocenters. The fourth-order valence-electron chi connectivity index (χ4n) is 3.12. The molecule has 2 N–H and O–H groups in total. The Balaban J connectivity index is 1.68. The van der Waals surface area contributed by atoms with Crippen LogP contribution in [0.25, 0.3) is 0 Å². The van der Waals surface area contributed by atoms with Gasteiger partial charge in [0.05, 0.1) is 11.3 Å². The molecule has 0 aromatic heterocycles. The maximum absolute atomic E-state index is 12.9. The van der Waals surface area contributed by atoms with Crippen molar-refractivity contribution in [1.82, 2.24) is 10.2 Å². The van der Waals surface area contributed by atoms with Crippen LogP contribution >= 0.6 is 34.8 Å². The van der Waals surface area contributed by atoms with Gasteiger partial charge in [0, 0.05) is 22.2 Å². The van der Waals surface area contributed by atoms with Gasteiger partial charge >= 0.3 is 0 Å². The molecule has 7 heteroatoms. The number of benzene rings is 2. The van der Waals surface area contributed by atoms with Crippen molar-refractivity contribution in [3.8, 4) is 0 Å². The van der Waals surface area contributed by atoms with Gasteiger partial charge in [-0.15, -0.1) is 0 Å². The summed E-state index contributed by atoms with van der Waals surface area (Å²) in [7, 11) is 0. The molecule has 0 spiro atoms. The Morgan fingerprint density at radius 3 is 2.54 bits per heavy atom. The number of carbonyl (C=O) groups excluding carboxylic acids is 2. The summed E-state index contributed by atoms with van der Waals surface area (Å²) in [6.07, 6.45) is 2.04. The average molecular weight is 507 g/mol. The van der Waals surface area contributed by atoms with Gasteiger partial charge in [0.1, 0.15) is 0 Å². The van der Waals surface area contributed by atoms with Gasteiger partial charge in [0.15, 0.2) is 5.11 Å². The van der Waals surface area contributed by atoms with Crippen molar-refractivity contribution in [2.75, 3.05) is 18.4 Å². The number of nitrogens with one attached hydrogen (secondary N) is 2. The van der Waals surface area contributed by atoms with E-state index in [2.05, 4.69) is 40.1 Å². The smallest absolute Gasteiger partial charge is 0.257 e. The Bertz CT molecular complexity index is 895. The first-order valence-corrected chi connectivity index (χ1v) is 10.7. The SMILES string of the molecule is CC1CCN(C(=O)c2ccccc2NC(=S)NC(=O)c2cccc(I)c2)CC1. The van der Waals surface area contributed by atoms with E-state index < -0.39 is 0 Å². The summed E-state index contributed by atoms with van der Waals surface area (Å²) in [4.78, 5) is 27.2. The first-order chi connectivity index (χ1) is 13.4. The molecule has 1 aliphatic heterocycles. The van der Waals surface area contributed by atoms with E-state index in [1.54, 1.807) is 24.3 Å². The van der Waals surface area contributed by atoms with Crippen LogP contribution in [0.5, 0.6) is 0 Å². The van der Waals surface area contributed by atoms with Crippen LogP contribution in [0.1, 0.15) is 40.5 Å². The summed E-state index contributed by atoms with van der Waals surface area (Å²) in [5, 5.41) is 5.84. The lowest BCUT2D eigenvalue weighted by atomic mass is 9.98. The first kappa shape index (κ1) is 20.7. The third kappa shape index (κ3) is 5.29. The quantitative estimate of drug-likeness (QED) is 0.481. The zero-order valence-electron chi connectivity index (χ0n) is 15.6. The zero-order valence-corrected chi connectivity index (χ0v) is 18.5. The van der Waals surface area contributed by atoms with Crippen molar-refractivity contribution < 1.29 is 9.59 Å². The number of hydrogen-bond acceptors (Lipinski definition) is 3. The van der Waals surface area contributed by atoms with E-state index in [1.807, 2.05) is 29.2 Å². The Hall–Kier alpha value is -2.00. The lowest BCUT2D eigenvalue weighted by Gasteiger charge is -2.30. The predicted octanol–water partition coefficient (Wildman–Crippen LogP) is 4.29. The summed E-state index contributed by atoms with van der Waals surface area (Å²) >= 11 is 7.45. The highest BCUT2D eigenvalue weighted by Crippen LogP contribution is 2.22. The minimum absolute atomic E-state index is 0.0123. The van der Waals surface area contributed by atoms with Crippen molar-refractivity contribution in [1.29, 1.82) is 0 Å². The first-order valence-electron chi connectivity index (χ1n) is 9.20. The van der Waals surface area contributed by atoms with E-state index in [9.17, 15) is 9.59 Å². The van der Waals surface area contributed by atoms with Crippen molar-refractivity contribution in [2.24, 2.45) is 5.92 Å². The molecule has 28 heavy (non-hydrogen) atoms. The molecule has 0 unspecified atom stereocenters.